The van der Waals surface area contributed by atoms with E-state index >= 15 is 0 Å². The number of pyridine rings is 2. The van der Waals surface area contributed by atoms with Crippen LogP contribution in [0.5, 0.6) is 0 Å². The number of nitrogens with zero attached hydrogens (tertiary/aromatic N) is 3. The van der Waals surface area contributed by atoms with Crippen LogP contribution in [0.15, 0.2) is 78.9 Å². The van der Waals surface area contributed by atoms with Crippen LogP contribution in [0.2, 0.25) is 0 Å². The average molecular weight is 454 g/mol. The van der Waals surface area contributed by atoms with Gasteiger partial charge < -0.3 is 0 Å². The molecule has 0 N–H and O–H groups in total. The Morgan fingerprint density at radius 2 is 1.26 bits per heavy atom. The molecular weight excluding hydrogens is 428 g/mol. The summed E-state index contributed by atoms with van der Waals surface area (Å²) in [6, 6.07) is 24.0. The molecule has 4 rings (SSSR count). The molecule has 2 aromatic carbocycles. The van der Waals surface area contributed by atoms with Gasteiger partial charge in [-0.25, -0.2) is 13.6 Å². The second-order valence-electron chi connectivity index (χ2n) is 9.30. The monoisotopic (exact) mass is 453 g/mol. The smallest absolute Gasteiger partial charge is 0.256 e. The summed E-state index contributed by atoms with van der Waals surface area (Å²) in [5.74, 6) is -1.78. The van der Waals surface area contributed by atoms with E-state index in [0.717, 1.165) is 17.5 Å². The highest BCUT2D eigenvalue weighted by atomic mass is 19.1. The molecular formula is C29H25F2N3. The first-order valence-electron chi connectivity index (χ1n) is 11.0. The fourth-order valence-electron chi connectivity index (χ4n) is 4.04. The van der Waals surface area contributed by atoms with Crippen LogP contribution in [0, 0.1) is 18.2 Å². The number of rotatable bonds is 5. The van der Waals surface area contributed by atoms with Crippen LogP contribution >= 0.6 is 0 Å². The summed E-state index contributed by atoms with van der Waals surface area (Å²) in [5, 5.41) is 0. The Labute approximate surface area is 199 Å². The van der Waals surface area contributed by atoms with E-state index in [1.54, 1.807) is 12.1 Å². The summed E-state index contributed by atoms with van der Waals surface area (Å²) in [7, 11) is 0. The first-order valence-corrected chi connectivity index (χ1v) is 11.0. The van der Waals surface area contributed by atoms with Crippen LogP contribution in [-0.2, 0) is 10.8 Å². The Hall–Kier alpha value is -3.91. The Bertz CT molecular complexity index is 1390. The van der Waals surface area contributed by atoms with Crippen molar-refractivity contribution < 1.29 is 8.78 Å². The molecule has 2 heterocycles. The van der Waals surface area contributed by atoms with Crippen molar-refractivity contribution in [2.75, 3.05) is 0 Å². The number of benzene rings is 2. The van der Waals surface area contributed by atoms with E-state index in [1.165, 1.54) is 11.6 Å². The van der Waals surface area contributed by atoms with Crippen molar-refractivity contribution >= 4 is 5.69 Å². The Morgan fingerprint density at radius 1 is 0.676 bits per heavy atom. The molecule has 0 fully saturated rings. The molecule has 0 unspecified atom stereocenters. The van der Waals surface area contributed by atoms with Crippen LogP contribution in [0.25, 0.3) is 16.1 Å². The molecule has 0 amide bonds. The number of hydrogen-bond acceptors (Lipinski definition) is 2. The maximum absolute atomic E-state index is 14.8. The van der Waals surface area contributed by atoms with Crippen molar-refractivity contribution in [2.24, 2.45) is 0 Å². The third-order valence-electron chi connectivity index (χ3n) is 6.37. The van der Waals surface area contributed by atoms with Gasteiger partial charge in [0.1, 0.15) is 11.6 Å². The molecule has 0 spiro atoms. The van der Waals surface area contributed by atoms with E-state index in [1.807, 2.05) is 56.3 Å². The molecule has 34 heavy (non-hydrogen) atoms. The minimum absolute atomic E-state index is 0.0944. The summed E-state index contributed by atoms with van der Waals surface area (Å²) >= 11 is 0. The summed E-state index contributed by atoms with van der Waals surface area (Å²) < 4.78 is 28.6. The predicted molar refractivity (Wildman–Crippen MR) is 131 cm³/mol. The van der Waals surface area contributed by atoms with Gasteiger partial charge in [0.15, 0.2) is 0 Å². The average Bonchev–Trinajstić information content (AvgIpc) is 2.85. The number of aromatic nitrogens is 2. The minimum Gasteiger partial charge on any atom is -0.256 e. The maximum atomic E-state index is 14.8. The SMILES string of the molecule is [C-]#[N+]c1c(F)ccc(-c2cccc(C(C)(C)c3cccc(C(C)(C)c4ccccc4)n3)n2)c1F. The first-order chi connectivity index (χ1) is 16.2. The zero-order valence-electron chi connectivity index (χ0n) is 19.6. The zero-order valence-corrected chi connectivity index (χ0v) is 19.6. The summed E-state index contributed by atoms with van der Waals surface area (Å²) in [4.78, 5) is 12.7. The van der Waals surface area contributed by atoms with Crippen LogP contribution < -0.4 is 0 Å². The van der Waals surface area contributed by atoms with Gasteiger partial charge in [-0.3, -0.25) is 9.97 Å². The third kappa shape index (κ3) is 4.08. The Morgan fingerprint density at radius 3 is 1.91 bits per heavy atom. The van der Waals surface area contributed by atoms with Crippen molar-refractivity contribution in [3.8, 4) is 11.3 Å². The lowest BCUT2D eigenvalue weighted by Gasteiger charge is -2.29. The van der Waals surface area contributed by atoms with Crippen LogP contribution in [0.3, 0.4) is 0 Å². The summed E-state index contributed by atoms with van der Waals surface area (Å²) in [5.41, 5.74) is 2.56. The Balaban J connectivity index is 1.76. The van der Waals surface area contributed by atoms with E-state index in [0.29, 0.717) is 11.4 Å². The molecule has 2 aromatic heterocycles. The number of hydrogen-bond donors (Lipinski definition) is 0. The first kappa shape index (κ1) is 23.3. The van der Waals surface area contributed by atoms with Gasteiger partial charge in [-0.1, -0.05) is 56.3 Å². The number of halogens is 2. The lowest BCUT2D eigenvalue weighted by molar-refractivity contribution is 0.565. The van der Waals surface area contributed by atoms with Gasteiger partial charge in [-0.2, -0.15) is 0 Å². The van der Waals surface area contributed by atoms with Crippen LogP contribution in [0.1, 0.15) is 50.3 Å². The van der Waals surface area contributed by atoms with Gasteiger partial charge >= 0.3 is 0 Å². The van der Waals surface area contributed by atoms with E-state index in [4.69, 9.17) is 16.5 Å². The lowest BCUT2D eigenvalue weighted by Crippen LogP contribution is -2.26. The molecule has 0 aliphatic carbocycles. The standard InChI is InChI=1S/C29H25F2N3/c1-28(2,19-11-7-6-8-12-19)23-15-10-16-25(34-23)29(3,4)24-14-9-13-22(33-24)20-17-18-21(30)27(32-5)26(20)31/h6-18H,1-4H3. The van der Waals surface area contributed by atoms with Crippen molar-refractivity contribution in [2.45, 2.75) is 38.5 Å². The molecule has 4 aromatic rings. The van der Waals surface area contributed by atoms with Crippen LogP contribution in [0.4, 0.5) is 14.5 Å². The normalized spacial score (nSPS) is 11.8. The molecule has 0 atom stereocenters. The maximum Gasteiger partial charge on any atom is 0.257 e. The van der Waals surface area contributed by atoms with Gasteiger partial charge in [0.25, 0.3) is 5.69 Å². The third-order valence-corrected chi connectivity index (χ3v) is 6.37. The minimum atomic E-state index is -0.901. The highest BCUT2D eigenvalue weighted by Crippen LogP contribution is 2.36. The molecule has 0 aliphatic rings. The van der Waals surface area contributed by atoms with Gasteiger partial charge in [0.2, 0.25) is 0 Å². The second-order valence-corrected chi connectivity index (χ2v) is 9.30. The van der Waals surface area contributed by atoms with Gasteiger partial charge in [-0.15, -0.1) is 0 Å². The van der Waals surface area contributed by atoms with E-state index in [-0.39, 0.29) is 11.0 Å². The highest BCUT2D eigenvalue weighted by molar-refractivity contribution is 5.67. The van der Waals surface area contributed by atoms with Crippen molar-refractivity contribution in [1.82, 2.24) is 9.97 Å². The lowest BCUT2D eigenvalue weighted by atomic mass is 9.79. The fourth-order valence-corrected chi connectivity index (χ4v) is 4.04. The van der Waals surface area contributed by atoms with Crippen LogP contribution in [-0.4, -0.2) is 9.97 Å². The quantitative estimate of drug-likeness (QED) is 0.291. The fraction of sp³-hybridized carbons (Fsp3) is 0.207. The van der Waals surface area contributed by atoms with Gasteiger partial charge in [0.05, 0.1) is 29.3 Å². The van der Waals surface area contributed by atoms with E-state index < -0.39 is 22.7 Å². The molecule has 3 nitrogen and oxygen atoms in total. The summed E-state index contributed by atoms with van der Waals surface area (Å²) in [6.45, 7) is 15.4. The second kappa shape index (κ2) is 8.79. The topological polar surface area (TPSA) is 30.1 Å². The largest absolute Gasteiger partial charge is 0.257 e. The zero-order chi connectivity index (χ0) is 24.5. The molecule has 170 valence electrons. The van der Waals surface area contributed by atoms with Crippen molar-refractivity contribution in [1.29, 1.82) is 0 Å². The molecule has 0 saturated carbocycles. The molecule has 0 aliphatic heterocycles. The summed E-state index contributed by atoms with van der Waals surface area (Å²) in [6.07, 6.45) is 0. The molecule has 0 radical (unpaired) electrons. The van der Waals surface area contributed by atoms with Crippen molar-refractivity contribution in [3.63, 3.8) is 0 Å². The van der Waals surface area contributed by atoms with Gasteiger partial charge in [0, 0.05) is 16.4 Å². The van der Waals surface area contributed by atoms with Crippen molar-refractivity contribution in [3.05, 3.63) is 125 Å². The predicted octanol–water partition coefficient (Wildman–Crippen LogP) is 7.62. The Kier molecular flexibility index (Phi) is 6.01. The molecule has 0 bridgehead atoms. The van der Waals surface area contributed by atoms with E-state index in [2.05, 4.69) is 30.8 Å². The van der Waals surface area contributed by atoms with Gasteiger partial charge in [-0.05, 0) is 55.8 Å². The van der Waals surface area contributed by atoms with E-state index in [9.17, 15) is 8.78 Å². The molecule has 0 saturated heterocycles. The highest BCUT2D eigenvalue weighted by Gasteiger charge is 2.30. The molecule has 5 heteroatoms.